The zero-order valence-electron chi connectivity index (χ0n) is 15.1. The second-order valence-corrected chi connectivity index (χ2v) is 6.02. The molecule has 0 aliphatic carbocycles. The van der Waals surface area contributed by atoms with Gasteiger partial charge in [0.25, 0.3) is 0 Å². The predicted octanol–water partition coefficient (Wildman–Crippen LogP) is 5.10. The zero-order chi connectivity index (χ0) is 20.4. The molecule has 30 heavy (non-hydrogen) atoms. The molecule has 1 radical (unpaired) electrons. The summed E-state index contributed by atoms with van der Waals surface area (Å²) < 4.78 is 30.8. The summed E-state index contributed by atoms with van der Waals surface area (Å²) in [5, 5.41) is 17.1. The molecule has 0 spiro atoms. The number of para-hydroxylation sites is 1. The van der Waals surface area contributed by atoms with Crippen LogP contribution in [0.5, 0.6) is 0 Å². The Hall–Kier alpha value is -3.71. The van der Waals surface area contributed by atoms with E-state index in [1.54, 1.807) is 24.3 Å². The van der Waals surface area contributed by atoms with Crippen LogP contribution in [0, 0.1) is 35.6 Å². The number of nitrogens with zero attached hydrogens (tertiary/aromatic N) is 5. The molecular weight excluding hydrogens is 564 g/mol. The fourth-order valence-corrected chi connectivity index (χ4v) is 2.90. The van der Waals surface area contributed by atoms with Crippen molar-refractivity contribution in [1.29, 1.82) is 5.26 Å². The van der Waals surface area contributed by atoms with Gasteiger partial charge in [0.1, 0.15) is 5.82 Å². The Morgan fingerprint density at radius 1 is 1.00 bits per heavy atom. The van der Waals surface area contributed by atoms with Crippen molar-refractivity contribution in [3.63, 3.8) is 0 Å². The van der Waals surface area contributed by atoms with E-state index in [1.165, 1.54) is 22.8 Å². The van der Waals surface area contributed by atoms with Crippen molar-refractivity contribution in [3.8, 4) is 34.5 Å². The molecule has 0 N–H and O–H groups in total. The maximum atomic E-state index is 14.7. The minimum Gasteiger partial charge on any atom is -0.316 e. The van der Waals surface area contributed by atoms with Gasteiger partial charge in [0.05, 0.1) is 18.0 Å². The van der Waals surface area contributed by atoms with Crippen LogP contribution in [0.25, 0.3) is 33.3 Å². The summed E-state index contributed by atoms with van der Waals surface area (Å²) in [7, 11) is 0. The van der Waals surface area contributed by atoms with Gasteiger partial charge in [-0.25, -0.2) is 14.5 Å². The summed E-state index contributed by atoms with van der Waals surface area (Å²) >= 11 is 0. The summed E-state index contributed by atoms with van der Waals surface area (Å²) in [6, 6.07) is 19.9. The second-order valence-electron chi connectivity index (χ2n) is 6.02. The molecule has 1 heterocycles. The molecule has 5 nitrogen and oxygen atoms in total. The van der Waals surface area contributed by atoms with Gasteiger partial charge in [0.2, 0.25) is 0 Å². The van der Waals surface area contributed by atoms with Crippen molar-refractivity contribution in [3.05, 3.63) is 95.3 Å². The molecule has 0 aliphatic heterocycles. The van der Waals surface area contributed by atoms with E-state index in [1.807, 2.05) is 12.1 Å². The Bertz CT molecular complexity index is 1220. The van der Waals surface area contributed by atoms with E-state index in [0.717, 1.165) is 12.1 Å². The van der Waals surface area contributed by atoms with E-state index < -0.39 is 11.6 Å². The zero-order valence-corrected chi connectivity index (χ0v) is 17.5. The molecule has 8 heteroatoms. The molecule has 147 valence electrons. The summed E-state index contributed by atoms with van der Waals surface area (Å²) in [5.74, 6) is -1.07. The SMILES string of the molecule is [C-]#[N+]c1ccc(-c2nnc(-c3[c-]cc(C#N)cc3F)n2-c2ccccc2)c(F)c1.[Ir]. The van der Waals surface area contributed by atoms with Crippen LogP contribution in [0.4, 0.5) is 14.5 Å². The molecule has 0 amide bonds. The number of hydrogen-bond donors (Lipinski definition) is 0. The topological polar surface area (TPSA) is 58.9 Å². The predicted molar refractivity (Wildman–Crippen MR) is 102 cm³/mol. The third kappa shape index (κ3) is 3.75. The van der Waals surface area contributed by atoms with E-state index in [0.29, 0.717) is 5.69 Å². The maximum absolute atomic E-state index is 14.7. The van der Waals surface area contributed by atoms with Crippen LogP contribution in [0.3, 0.4) is 0 Å². The Morgan fingerprint density at radius 2 is 1.73 bits per heavy atom. The van der Waals surface area contributed by atoms with Crippen molar-refractivity contribution in [2.45, 2.75) is 0 Å². The molecule has 0 bridgehead atoms. The molecule has 0 atom stereocenters. The van der Waals surface area contributed by atoms with E-state index in [2.05, 4.69) is 21.1 Å². The average molecular weight is 575 g/mol. The fraction of sp³-hybridized carbons (Fsp3) is 0. The molecule has 3 aromatic carbocycles. The standard InChI is InChI=1S/C22H10F2N5.Ir/c1-26-15-8-10-18(20(24)12-15)22-28-27-21(29(22)16-5-3-2-4-6-16)17-9-7-14(13-25)11-19(17)23;/h2-8,10-12H;/q-1;. The first-order chi connectivity index (χ1) is 14.1. The molecule has 1 aromatic heterocycles. The van der Waals surface area contributed by atoms with Crippen LogP contribution in [-0.2, 0) is 20.1 Å². The third-order valence-electron chi connectivity index (χ3n) is 4.25. The Balaban J connectivity index is 0.00000256. The largest absolute Gasteiger partial charge is 0.316 e. The van der Waals surface area contributed by atoms with Gasteiger partial charge in [0, 0.05) is 37.7 Å². The maximum Gasteiger partial charge on any atom is 0.190 e. The first-order valence-electron chi connectivity index (χ1n) is 8.42. The Kier molecular flexibility index (Phi) is 6.13. The van der Waals surface area contributed by atoms with Gasteiger partial charge in [-0.2, -0.15) is 5.10 Å². The third-order valence-corrected chi connectivity index (χ3v) is 4.25. The van der Waals surface area contributed by atoms with E-state index in [4.69, 9.17) is 11.8 Å². The van der Waals surface area contributed by atoms with Crippen molar-refractivity contribution < 1.29 is 28.9 Å². The van der Waals surface area contributed by atoms with E-state index >= 15 is 0 Å². The monoisotopic (exact) mass is 575 g/mol. The number of rotatable bonds is 3. The molecule has 0 aliphatic rings. The second kappa shape index (κ2) is 8.75. The molecule has 0 saturated carbocycles. The minimum absolute atomic E-state index is 0. The number of halogens is 2. The van der Waals surface area contributed by atoms with Crippen molar-refractivity contribution in [1.82, 2.24) is 14.8 Å². The minimum atomic E-state index is -0.691. The molecular formula is C22H10F2IrN5-. The summed E-state index contributed by atoms with van der Waals surface area (Å²) in [6.45, 7) is 7.02. The summed E-state index contributed by atoms with van der Waals surface area (Å²) in [4.78, 5) is 3.21. The Labute approximate surface area is 184 Å². The molecule has 0 saturated heterocycles. The smallest absolute Gasteiger partial charge is 0.190 e. The van der Waals surface area contributed by atoms with Gasteiger partial charge >= 0.3 is 0 Å². The summed E-state index contributed by atoms with van der Waals surface area (Å²) in [5.41, 5.74) is 0.994. The van der Waals surface area contributed by atoms with Crippen molar-refractivity contribution in [2.75, 3.05) is 0 Å². The van der Waals surface area contributed by atoms with Gasteiger partial charge in [-0.1, -0.05) is 42.0 Å². The number of nitriles is 1. The van der Waals surface area contributed by atoms with Crippen LogP contribution in [-0.4, -0.2) is 14.8 Å². The molecule has 0 fully saturated rings. The molecule has 4 rings (SSSR count). The normalized spacial score (nSPS) is 10.0. The summed E-state index contributed by atoms with van der Waals surface area (Å²) in [6.07, 6.45) is 0. The first-order valence-corrected chi connectivity index (χ1v) is 8.42. The van der Waals surface area contributed by atoms with Gasteiger partial charge in [-0.3, -0.25) is 4.39 Å². The fourth-order valence-electron chi connectivity index (χ4n) is 2.90. The van der Waals surface area contributed by atoms with E-state index in [9.17, 15) is 8.78 Å². The number of hydrogen-bond acceptors (Lipinski definition) is 3. The molecule has 0 unspecified atom stereocenters. The van der Waals surface area contributed by atoms with Crippen LogP contribution < -0.4 is 0 Å². The van der Waals surface area contributed by atoms with Crippen LogP contribution >= 0.6 is 0 Å². The van der Waals surface area contributed by atoms with Crippen LogP contribution in [0.15, 0.2) is 60.7 Å². The number of benzene rings is 3. The van der Waals surface area contributed by atoms with Crippen LogP contribution in [0.2, 0.25) is 0 Å². The van der Waals surface area contributed by atoms with Crippen LogP contribution in [0.1, 0.15) is 5.56 Å². The molecule has 4 aromatic rings. The Morgan fingerprint density at radius 3 is 2.37 bits per heavy atom. The van der Waals surface area contributed by atoms with Gasteiger partial charge < -0.3 is 4.57 Å². The van der Waals surface area contributed by atoms with Gasteiger partial charge in [-0.15, -0.1) is 17.2 Å². The first kappa shape index (κ1) is 21.0. The van der Waals surface area contributed by atoms with Gasteiger partial charge in [-0.05, 0) is 23.8 Å². The van der Waals surface area contributed by atoms with Crippen molar-refractivity contribution in [2.24, 2.45) is 0 Å². The number of aromatic nitrogens is 3. The van der Waals surface area contributed by atoms with E-state index in [-0.39, 0.29) is 54.1 Å². The van der Waals surface area contributed by atoms with Gasteiger partial charge in [0.15, 0.2) is 11.5 Å². The van der Waals surface area contributed by atoms with Crippen molar-refractivity contribution >= 4 is 5.69 Å². The quantitative estimate of drug-likeness (QED) is 0.320. The average Bonchev–Trinajstić information content (AvgIpc) is 3.18.